The van der Waals surface area contributed by atoms with Crippen LogP contribution in [-0.4, -0.2) is 52.9 Å². The number of pyridine rings is 1. The van der Waals surface area contributed by atoms with Crippen LogP contribution < -0.4 is 15.4 Å². The third-order valence-electron chi connectivity index (χ3n) is 6.28. The Labute approximate surface area is 212 Å². The molecule has 0 radical (unpaired) electrons. The number of halogens is 1. The number of fused-ring (bicyclic) bond motifs is 1. The van der Waals surface area contributed by atoms with Gasteiger partial charge in [0.2, 0.25) is 5.95 Å². The molecule has 35 heavy (non-hydrogen) atoms. The molecule has 9 heteroatoms. The normalized spacial score (nSPS) is 19.4. The molecule has 5 rings (SSSR count). The average Bonchev–Trinajstić information content (AvgIpc) is 2.82. The molecule has 180 valence electrons. The molecule has 1 saturated carbocycles. The molecule has 0 unspecified atom stereocenters. The van der Waals surface area contributed by atoms with Gasteiger partial charge in [0.15, 0.2) is 0 Å². The van der Waals surface area contributed by atoms with Crippen LogP contribution in [0.25, 0.3) is 10.9 Å². The second-order valence-corrected chi connectivity index (χ2v) is 9.71. The van der Waals surface area contributed by atoms with E-state index in [1.165, 1.54) is 0 Å². The molecule has 1 fully saturated rings. The maximum Gasteiger partial charge on any atom is 0.229 e. The topological polar surface area (TPSA) is 84.4 Å². The molecule has 4 aromatic rings. The van der Waals surface area contributed by atoms with Gasteiger partial charge in [-0.15, -0.1) is 0 Å². The van der Waals surface area contributed by atoms with Crippen molar-refractivity contribution in [3.63, 3.8) is 0 Å². The van der Waals surface area contributed by atoms with Gasteiger partial charge in [-0.1, -0.05) is 22.0 Å². The van der Waals surface area contributed by atoms with Crippen LogP contribution in [0, 0.1) is 0 Å². The Morgan fingerprint density at radius 3 is 2.51 bits per heavy atom. The lowest BCUT2D eigenvalue weighted by atomic mass is 9.83. The fraction of sp³-hybridized carbons (Fsp3) is 0.269. The number of hydrogen-bond acceptors (Lipinski definition) is 8. The first-order valence-electron chi connectivity index (χ1n) is 11.3. The van der Waals surface area contributed by atoms with Gasteiger partial charge in [0.25, 0.3) is 0 Å². The number of rotatable bonds is 8. The van der Waals surface area contributed by atoms with Crippen molar-refractivity contribution in [1.29, 1.82) is 0 Å². The first kappa shape index (κ1) is 23.5. The van der Waals surface area contributed by atoms with Crippen LogP contribution in [0.15, 0.2) is 71.5 Å². The van der Waals surface area contributed by atoms with Crippen molar-refractivity contribution < 1.29 is 9.47 Å². The van der Waals surface area contributed by atoms with Crippen LogP contribution in [0.1, 0.15) is 12.8 Å². The average molecular weight is 535 g/mol. The summed E-state index contributed by atoms with van der Waals surface area (Å²) < 4.78 is 12.8. The van der Waals surface area contributed by atoms with E-state index < -0.39 is 0 Å². The molecule has 1 aliphatic carbocycles. The number of nitrogens with one attached hydrogen (secondary N) is 2. The fourth-order valence-electron chi connectivity index (χ4n) is 4.19. The van der Waals surface area contributed by atoms with Gasteiger partial charge in [-0.3, -0.25) is 9.88 Å². The summed E-state index contributed by atoms with van der Waals surface area (Å²) in [6.07, 6.45) is 5.33. The molecule has 2 aromatic heterocycles. The van der Waals surface area contributed by atoms with Gasteiger partial charge in [0.05, 0.1) is 17.4 Å². The molecule has 0 saturated heterocycles. The Bertz CT molecular complexity index is 1330. The molecule has 1 aliphatic rings. The first-order chi connectivity index (χ1) is 16.9. The van der Waals surface area contributed by atoms with E-state index in [1.807, 2.05) is 68.7 Å². The van der Waals surface area contributed by atoms with Gasteiger partial charge in [-0.2, -0.15) is 4.98 Å². The lowest BCUT2D eigenvalue weighted by Crippen LogP contribution is -2.59. The number of aromatic nitrogens is 3. The molecular formula is C26H27BrN6O2. The van der Waals surface area contributed by atoms with Gasteiger partial charge in [0.1, 0.15) is 23.4 Å². The highest BCUT2D eigenvalue weighted by atomic mass is 79.9. The SMILES string of the molecule is COC1(N(C)C)CC(Oc2ccc(Nc3nccc(Nc4cnc5cc(Br)ccc5c4)n3)cc2)C1. The smallest absolute Gasteiger partial charge is 0.229 e. The van der Waals surface area contributed by atoms with E-state index in [0.717, 1.165) is 45.3 Å². The highest BCUT2D eigenvalue weighted by Gasteiger charge is 2.48. The quantitative estimate of drug-likeness (QED) is 0.277. The zero-order valence-electron chi connectivity index (χ0n) is 19.8. The lowest BCUT2D eigenvalue weighted by molar-refractivity contribution is -0.204. The summed E-state index contributed by atoms with van der Waals surface area (Å²) in [6.45, 7) is 0. The van der Waals surface area contributed by atoms with Gasteiger partial charge in [-0.05, 0) is 62.6 Å². The zero-order valence-corrected chi connectivity index (χ0v) is 21.4. The van der Waals surface area contributed by atoms with Crippen LogP contribution in [0.3, 0.4) is 0 Å². The Balaban J connectivity index is 1.20. The third kappa shape index (κ3) is 5.22. The summed E-state index contributed by atoms with van der Waals surface area (Å²) in [5, 5.41) is 7.59. The number of ether oxygens (including phenoxy) is 2. The standard InChI is InChI=1S/C26H27BrN6O2/c1-33(2)26(34-3)14-22(15-26)35-21-8-6-19(7-9-21)31-25-28-11-10-24(32-25)30-20-12-17-4-5-18(27)13-23(17)29-16-20/h4-13,16,22H,14-15H2,1-3H3,(H2,28,30,31,32). The molecule has 2 heterocycles. The minimum Gasteiger partial charge on any atom is -0.490 e. The Hall–Kier alpha value is -3.27. The summed E-state index contributed by atoms with van der Waals surface area (Å²) in [4.78, 5) is 15.5. The molecule has 0 amide bonds. The van der Waals surface area contributed by atoms with E-state index in [0.29, 0.717) is 11.8 Å². The van der Waals surface area contributed by atoms with Crippen LogP contribution in [0.5, 0.6) is 5.75 Å². The molecule has 2 aromatic carbocycles. The van der Waals surface area contributed by atoms with E-state index in [9.17, 15) is 0 Å². The third-order valence-corrected chi connectivity index (χ3v) is 6.77. The molecule has 2 N–H and O–H groups in total. The molecule has 0 atom stereocenters. The Morgan fingerprint density at radius 1 is 0.971 bits per heavy atom. The second-order valence-electron chi connectivity index (χ2n) is 8.79. The van der Waals surface area contributed by atoms with Crippen molar-refractivity contribution in [2.75, 3.05) is 31.8 Å². The number of anilines is 4. The van der Waals surface area contributed by atoms with Gasteiger partial charge in [-0.25, -0.2) is 4.98 Å². The minimum absolute atomic E-state index is 0.147. The predicted octanol–water partition coefficient (Wildman–Crippen LogP) is 5.72. The van der Waals surface area contributed by atoms with E-state index in [4.69, 9.17) is 9.47 Å². The number of nitrogens with zero attached hydrogens (tertiary/aromatic N) is 4. The fourth-order valence-corrected chi connectivity index (χ4v) is 4.54. The van der Waals surface area contributed by atoms with Crippen molar-refractivity contribution in [1.82, 2.24) is 19.9 Å². The van der Waals surface area contributed by atoms with Crippen LogP contribution in [0.4, 0.5) is 23.1 Å². The van der Waals surface area contributed by atoms with Crippen molar-refractivity contribution >= 4 is 50.0 Å². The Morgan fingerprint density at radius 2 is 1.77 bits per heavy atom. The van der Waals surface area contributed by atoms with Crippen LogP contribution in [0.2, 0.25) is 0 Å². The largest absolute Gasteiger partial charge is 0.490 e. The number of hydrogen-bond donors (Lipinski definition) is 2. The molecular weight excluding hydrogens is 508 g/mol. The van der Waals surface area contributed by atoms with E-state index in [2.05, 4.69) is 46.4 Å². The maximum atomic E-state index is 6.10. The van der Waals surface area contributed by atoms with Crippen LogP contribution >= 0.6 is 15.9 Å². The first-order valence-corrected chi connectivity index (χ1v) is 12.1. The second kappa shape index (κ2) is 9.77. The molecule has 0 bridgehead atoms. The van der Waals surface area contributed by atoms with E-state index >= 15 is 0 Å². The summed E-state index contributed by atoms with van der Waals surface area (Å²) in [7, 11) is 5.82. The van der Waals surface area contributed by atoms with Crippen molar-refractivity contribution in [3.05, 3.63) is 71.5 Å². The van der Waals surface area contributed by atoms with Crippen molar-refractivity contribution in [2.24, 2.45) is 0 Å². The van der Waals surface area contributed by atoms with E-state index in [1.54, 1.807) is 19.5 Å². The molecule has 0 spiro atoms. The highest BCUT2D eigenvalue weighted by molar-refractivity contribution is 9.10. The van der Waals surface area contributed by atoms with Gasteiger partial charge in [0, 0.05) is 41.7 Å². The Kier molecular flexibility index (Phi) is 6.55. The predicted molar refractivity (Wildman–Crippen MR) is 142 cm³/mol. The maximum absolute atomic E-state index is 6.10. The van der Waals surface area contributed by atoms with Crippen LogP contribution in [-0.2, 0) is 4.74 Å². The van der Waals surface area contributed by atoms with Gasteiger partial charge < -0.3 is 20.1 Å². The monoisotopic (exact) mass is 534 g/mol. The lowest BCUT2D eigenvalue weighted by Gasteiger charge is -2.50. The summed E-state index contributed by atoms with van der Waals surface area (Å²) in [6, 6.07) is 17.7. The molecule has 0 aliphatic heterocycles. The highest BCUT2D eigenvalue weighted by Crippen LogP contribution is 2.39. The van der Waals surface area contributed by atoms with Crippen molar-refractivity contribution in [3.8, 4) is 5.75 Å². The molecule has 8 nitrogen and oxygen atoms in total. The summed E-state index contributed by atoms with van der Waals surface area (Å²) in [5.74, 6) is 2.00. The number of benzene rings is 2. The summed E-state index contributed by atoms with van der Waals surface area (Å²) >= 11 is 3.48. The van der Waals surface area contributed by atoms with Gasteiger partial charge >= 0.3 is 0 Å². The van der Waals surface area contributed by atoms with Crippen molar-refractivity contribution in [2.45, 2.75) is 24.7 Å². The zero-order chi connectivity index (χ0) is 24.4. The minimum atomic E-state index is -0.220. The summed E-state index contributed by atoms with van der Waals surface area (Å²) in [5.41, 5.74) is 2.44. The van der Waals surface area contributed by atoms with E-state index in [-0.39, 0.29) is 11.8 Å². The number of methoxy groups -OCH3 is 1.